The topological polar surface area (TPSA) is 61.8 Å². The van der Waals surface area contributed by atoms with Crippen LogP contribution in [-0.2, 0) is 17.6 Å². The summed E-state index contributed by atoms with van der Waals surface area (Å²) < 4.78 is 5.10. The number of rotatable bonds is 6. The second-order valence-electron chi connectivity index (χ2n) is 6.99. The average molecular weight is 368 g/mol. The van der Waals surface area contributed by atoms with Gasteiger partial charge in [-0.1, -0.05) is 31.2 Å². The van der Waals surface area contributed by atoms with Crippen LogP contribution in [0.4, 0.5) is 5.69 Å². The monoisotopic (exact) mass is 368 g/mol. The van der Waals surface area contributed by atoms with Crippen LogP contribution in [0.1, 0.15) is 30.9 Å². The van der Waals surface area contributed by atoms with E-state index in [-0.39, 0.29) is 24.1 Å². The summed E-state index contributed by atoms with van der Waals surface area (Å²) in [7, 11) is 1.50. The summed E-state index contributed by atoms with van der Waals surface area (Å²) in [5.74, 6) is 0.486. The van der Waals surface area contributed by atoms with Crippen LogP contribution in [-0.4, -0.2) is 37.3 Å². The highest BCUT2D eigenvalue weighted by molar-refractivity contribution is 5.79. The van der Waals surface area contributed by atoms with E-state index in [1.807, 2.05) is 0 Å². The van der Waals surface area contributed by atoms with Crippen molar-refractivity contribution in [2.75, 3.05) is 25.1 Å². The molecule has 1 fully saturated rings. The summed E-state index contributed by atoms with van der Waals surface area (Å²) in [5, 5.41) is 12.8. The third-order valence-electron chi connectivity index (χ3n) is 5.18. The van der Waals surface area contributed by atoms with Gasteiger partial charge in [-0.2, -0.15) is 0 Å². The van der Waals surface area contributed by atoms with Crippen molar-refractivity contribution < 1.29 is 14.6 Å². The van der Waals surface area contributed by atoms with Crippen LogP contribution in [0.3, 0.4) is 0 Å². The highest BCUT2D eigenvalue weighted by Gasteiger charge is 2.22. The summed E-state index contributed by atoms with van der Waals surface area (Å²) in [5.41, 5.74) is 3.53. The molecule has 0 atom stereocenters. The minimum Gasteiger partial charge on any atom is -0.504 e. The van der Waals surface area contributed by atoms with Crippen molar-refractivity contribution in [1.29, 1.82) is 0 Å². The molecule has 0 aliphatic carbocycles. The molecule has 1 aliphatic heterocycles. The zero-order valence-electron chi connectivity index (χ0n) is 16.1. The SMILES string of the molecule is CCc1ccccc1N1CCC(NC(=O)Cc2ccc(O)c(OC)c2)CC1. The summed E-state index contributed by atoms with van der Waals surface area (Å²) in [6.45, 7) is 4.09. The molecule has 5 nitrogen and oxygen atoms in total. The first-order valence-electron chi connectivity index (χ1n) is 9.58. The minimum atomic E-state index is 0.00940. The van der Waals surface area contributed by atoms with E-state index in [0.29, 0.717) is 5.75 Å². The molecular formula is C22H28N2O3. The van der Waals surface area contributed by atoms with Gasteiger partial charge in [0, 0.05) is 24.8 Å². The van der Waals surface area contributed by atoms with Crippen molar-refractivity contribution in [3.63, 3.8) is 0 Å². The van der Waals surface area contributed by atoms with Gasteiger partial charge in [0.05, 0.1) is 13.5 Å². The second-order valence-corrected chi connectivity index (χ2v) is 6.99. The minimum absolute atomic E-state index is 0.00940. The quantitative estimate of drug-likeness (QED) is 0.821. The molecule has 144 valence electrons. The normalized spacial score (nSPS) is 14.8. The number of methoxy groups -OCH3 is 1. The van der Waals surface area contributed by atoms with Gasteiger partial charge in [-0.15, -0.1) is 0 Å². The number of piperidine rings is 1. The fourth-order valence-electron chi connectivity index (χ4n) is 3.68. The van der Waals surface area contributed by atoms with Gasteiger partial charge in [0.2, 0.25) is 5.91 Å². The predicted octanol–water partition coefficient (Wildman–Crippen LogP) is 3.29. The van der Waals surface area contributed by atoms with Crippen molar-refractivity contribution in [1.82, 2.24) is 5.32 Å². The van der Waals surface area contributed by atoms with Gasteiger partial charge in [0.25, 0.3) is 0 Å². The number of anilines is 1. The zero-order chi connectivity index (χ0) is 19.2. The lowest BCUT2D eigenvalue weighted by Gasteiger charge is -2.35. The largest absolute Gasteiger partial charge is 0.504 e. The van der Waals surface area contributed by atoms with E-state index in [9.17, 15) is 9.90 Å². The van der Waals surface area contributed by atoms with E-state index < -0.39 is 0 Å². The molecular weight excluding hydrogens is 340 g/mol. The molecule has 0 saturated carbocycles. The lowest BCUT2D eigenvalue weighted by molar-refractivity contribution is -0.121. The van der Waals surface area contributed by atoms with Gasteiger partial charge < -0.3 is 20.1 Å². The van der Waals surface area contributed by atoms with E-state index in [1.54, 1.807) is 18.2 Å². The van der Waals surface area contributed by atoms with Gasteiger partial charge in [-0.25, -0.2) is 0 Å². The first kappa shape index (κ1) is 19.1. The highest BCUT2D eigenvalue weighted by atomic mass is 16.5. The predicted molar refractivity (Wildman–Crippen MR) is 108 cm³/mol. The Morgan fingerprint density at radius 3 is 2.67 bits per heavy atom. The maximum absolute atomic E-state index is 12.4. The molecule has 1 saturated heterocycles. The van der Waals surface area contributed by atoms with Gasteiger partial charge in [0.1, 0.15) is 0 Å². The smallest absolute Gasteiger partial charge is 0.224 e. The first-order chi connectivity index (χ1) is 13.1. The molecule has 5 heteroatoms. The maximum atomic E-state index is 12.4. The first-order valence-corrected chi connectivity index (χ1v) is 9.58. The molecule has 1 amide bonds. The Morgan fingerprint density at radius 1 is 1.22 bits per heavy atom. The number of hydrogen-bond acceptors (Lipinski definition) is 4. The van der Waals surface area contributed by atoms with Gasteiger partial charge >= 0.3 is 0 Å². The highest BCUT2D eigenvalue weighted by Crippen LogP contribution is 2.27. The number of hydrogen-bond donors (Lipinski definition) is 2. The van der Waals surface area contributed by atoms with Crippen LogP contribution in [0.5, 0.6) is 11.5 Å². The maximum Gasteiger partial charge on any atom is 0.224 e. The van der Waals surface area contributed by atoms with Gasteiger partial charge in [-0.3, -0.25) is 4.79 Å². The van der Waals surface area contributed by atoms with Crippen LogP contribution in [0.2, 0.25) is 0 Å². The van der Waals surface area contributed by atoms with E-state index in [0.717, 1.165) is 37.9 Å². The van der Waals surface area contributed by atoms with E-state index in [4.69, 9.17) is 4.74 Å². The van der Waals surface area contributed by atoms with Crippen LogP contribution in [0, 0.1) is 0 Å². The lowest BCUT2D eigenvalue weighted by atomic mass is 10.0. The lowest BCUT2D eigenvalue weighted by Crippen LogP contribution is -2.45. The number of ether oxygens (including phenoxy) is 1. The Hall–Kier alpha value is -2.69. The third kappa shape index (κ3) is 4.73. The van der Waals surface area contributed by atoms with Crippen LogP contribution in [0.25, 0.3) is 0 Å². The Kier molecular flexibility index (Phi) is 6.22. The Bertz CT molecular complexity index is 783. The van der Waals surface area contributed by atoms with E-state index in [2.05, 4.69) is 41.4 Å². The van der Waals surface area contributed by atoms with Crippen molar-refractivity contribution in [2.45, 2.75) is 38.6 Å². The number of nitrogens with zero attached hydrogens (tertiary/aromatic N) is 1. The average Bonchev–Trinajstić information content (AvgIpc) is 2.70. The van der Waals surface area contributed by atoms with E-state index >= 15 is 0 Å². The molecule has 0 bridgehead atoms. The number of nitrogens with one attached hydrogen (secondary N) is 1. The van der Waals surface area contributed by atoms with Gasteiger partial charge in [0.15, 0.2) is 11.5 Å². The van der Waals surface area contributed by atoms with Crippen molar-refractivity contribution >= 4 is 11.6 Å². The van der Waals surface area contributed by atoms with Crippen LogP contribution >= 0.6 is 0 Å². The molecule has 0 spiro atoms. The third-order valence-corrected chi connectivity index (χ3v) is 5.18. The molecule has 2 aromatic carbocycles. The zero-order valence-corrected chi connectivity index (χ0v) is 16.1. The summed E-state index contributed by atoms with van der Waals surface area (Å²) >= 11 is 0. The van der Waals surface area contributed by atoms with Crippen molar-refractivity contribution in [3.05, 3.63) is 53.6 Å². The number of aromatic hydroxyl groups is 1. The fourth-order valence-corrected chi connectivity index (χ4v) is 3.68. The Morgan fingerprint density at radius 2 is 1.96 bits per heavy atom. The number of aryl methyl sites for hydroxylation is 1. The number of carbonyl (C=O) groups excluding carboxylic acids is 1. The standard InChI is InChI=1S/C22H28N2O3/c1-3-17-6-4-5-7-19(17)24-12-10-18(11-13-24)23-22(26)15-16-8-9-20(25)21(14-16)27-2/h4-9,14,18,25H,3,10-13,15H2,1-2H3,(H,23,26). The van der Waals surface area contributed by atoms with Gasteiger partial charge in [-0.05, 0) is 48.6 Å². The molecule has 2 aromatic rings. The number of phenolic OH excluding ortho intramolecular Hbond substituents is 1. The van der Waals surface area contributed by atoms with Crippen molar-refractivity contribution in [3.8, 4) is 11.5 Å². The Labute approximate surface area is 161 Å². The summed E-state index contributed by atoms with van der Waals surface area (Å²) in [6, 6.07) is 13.8. The molecule has 0 radical (unpaired) electrons. The molecule has 1 heterocycles. The molecule has 0 unspecified atom stereocenters. The number of carbonyl (C=O) groups is 1. The summed E-state index contributed by atoms with van der Waals surface area (Å²) in [6.07, 6.45) is 3.21. The molecule has 2 N–H and O–H groups in total. The summed E-state index contributed by atoms with van der Waals surface area (Å²) in [4.78, 5) is 14.8. The fraction of sp³-hybridized carbons (Fsp3) is 0.409. The molecule has 1 aliphatic rings. The Balaban J connectivity index is 1.52. The van der Waals surface area contributed by atoms with Crippen LogP contribution in [0.15, 0.2) is 42.5 Å². The van der Waals surface area contributed by atoms with Crippen molar-refractivity contribution in [2.24, 2.45) is 0 Å². The number of amides is 1. The number of benzene rings is 2. The van der Waals surface area contributed by atoms with Crippen LogP contribution < -0.4 is 15.0 Å². The van der Waals surface area contributed by atoms with E-state index in [1.165, 1.54) is 18.4 Å². The molecule has 27 heavy (non-hydrogen) atoms. The molecule has 3 rings (SSSR count). The second kappa shape index (κ2) is 8.80. The number of phenols is 1. The molecule has 0 aromatic heterocycles. The number of para-hydroxylation sites is 1.